The van der Waals surface area contributed by atoms with Gasteiger partial charge >= 0.3 is 0 Å². The maximum absolute atomic E-state index is 9.98. The normalized spacial score (nSPS) is 11.9. The highest BCUT2D eigenvalue weighted by atomic mass is 35.5. The Hall–Kier alpha value is -1.17. The molecule has 3 heteroatoms. The number of aliphatic hydroxyl groups excluding tert-OH is 1. The highest BCUT2D eigenvalue weighted by Crippen LogP contribution is 2.30. The summed E-state index contributed by atoms with van der Waals surface area (Å²) in [6.45, 7) is 0. The first-order chi connectivity index (χ1) is 7.69. The molecule has 0 fully saturated rings. The van der Waals surface area contributed by atoms with Gasteiger partial charge < -0.3 is 9.84 Å². The van der Waals surface area contributed by atoms with Crippen LogP contribution in [0.25, 0.3) is 0 Å². The molecule has 16 heavy (non-hydrogen) atoms. The summed E-state index contributed by atoms with van der Waals surface area (Å²) in [5, 5.41) is 10.6. The van der Waals surface area contributed by atoms with Gasteiger partial charge in [-0.1, -0.05) is 11.6 Å². The first-order valence-corrected chi connectivity index (χ1v) is 5.51. The lowest BCUT2D eigenvalue weighted by Gasteiger charge is -2.14. The van der Waals surface area contributed by atoms with Crippen LogP contribution < -0.4 is 4.74 Å². The molecule has 0 heterocycles. The van der Waals surface area contributed by atoms with Crippen LogP contribution in [0, 0.1) is 12.3 Å². The van der Waals surface area contributed by atoms with E-state index >= 15 is 0 Å². The van der Waals surface area contributed by atoms with Crippen LogP contribution in [0.5, 0.6) is 5.75 Å². The molecule has 0 aliphatic heterocycles. The number of halogens is 1. The van der Waals surface area contributed by atoms with E-state index in [9.17, 15) is 5.11 Å². The standard InChI is InChI=1S/C13H15ClO2/c1-3-4-5-6-12(15)11-9-10(14)7-8-13(11)16-2/h1,7-9,12,15H,4-6H2,2H3. The zero-order chi connectivity index (χ0) is 12.0. The van der Waals surface area contributed by atoms with Crippen LogP contribution in [0.3, 0.4) is 0 Å². The number of hydrogen-bond acceptors (Lipinski definition) is 2. The number of unbranched alkanes of at least 4 members (excludes halogenated alkanes) is 1. The van der Waals surface area contributed by atoms with Gasteiger partial charge in [-0.2, -0.15) is 0 Å². The Kier molecular flexibility index (Phi) is 5.18. The molecule has 1 N–H and O–H groups in total. The van der Waals surface area contributed by atoms with Crippen LogP contribution in [-0.4, -0.2) is 12.2 Å². The Morgan fingerprint density at radius 1 is 1.56 bits per heavy atom. The average molecular weight is 239 g/mol. The molecule has 0 aromatic heterocycles. The van der Waals surface area contributed by atoms with Crippen LogP contribution in [0.15, 0.2) is 18.2 Å². The third-order valence-electron chi connectivity index (χ3n) is 2.35. The van der Waals surface area contributed by atoms with E-state index in [1.807, 2.05) is 0 Å². The summed E-state index contributed by atoms with van der Waals surface area (Å²) in [5.41, 5.74) is 0.715. The van der Waals surface area contributed by atoms with Gasteiger partial charge in [-0.15, -0.1) is 12.3 Å². The van der Waals surface area contributed by atoms with Crippen LogP contribution in [-0.2, 0) is 0 Å². The van der Waals surface area contributed by atoms with Gasteiger partial charge in [0.1, 0.15) is 5.75 Å². The zero-order valence-electron chi connectivity index (χ0n) is 9.24. The molecule has 0 amide bonds. The van der Waals surface area contributed by atoms with Gasteiger partial charge in [0.15, 0.2) is 0 Å². The Labute approximate surface area is 101 Å². The van der Waals surface area contributed by atoms with Crippen molar-refractivity contribution in [2.75, 3.05) is 7.11 Å². The summed E-state index contributed by atoms with van der Waals surface area (Å²) in [4.78, 5) is 0. The second-order valence-corrected chi connectivity index (χ2v) is 3.93. The van der Waals surface area contributed by atoms with Crippen LogP contribution in [0.1, 0.15) is 30.9 Å². The third-order valence-corrected chi connectivity index (χ3v) is 2.58. The second kappa shape index (κ2) is 6.42. The number of hydrogen-bond donors (Lipinski definition) is 1. The van der Waals surface area contributed by atoms with E-state index in [1.165, 1.54) is 0 Å². The number of aliphatic hydroxyl groups is 1. The van der Waals surface area contributed by atoms with Gasteiger partial charge in [0.2, 0.25) is 0 Å². The lowest BCUT2D eigenvalue weighted by molar-refractivity contribution is 0.161. The summed E-state index contributed by atoms with van der Waals surface area (Å²) in [6, 6.07) is 5.21. The number of ether oxygens (including phenoxy) is 1. The Morgan fingerprint density at radius 3 is 2.94 bits per heavy atom. The number of terminal acetylenes is 1. The van der Waals surface area contributed by atoms with E-state index in [1.54, 1.807) is 25.3 Å². The van der Waals surface area contributed by atoms with Gasteiger partial charge in [-0.3, -0.25) is 0 Å². The van der Waals surface area contributed by atoms with Crippen molar-refractivity contribution >= 4 is 11.6 Å². The molecule has 0 saturated carbocycles. The summed E-state index contributed by atoms with van der Waals surface area (Å²) >= 11 is 5.88. The van der Waals surface area contributed by atoms with E-state index in [2.05, 4.69) is 5.92 Å². The molecule has 0 aliphatic carbocycles. The lowest BCUT2D eigenvalue weighted by atomic mass is 10.0. The van der Waals surface area contributed by atoms with Crippen molar-refractivity contribution in [1.82, 2.24) is 0 Å². The van der Waals surface area contributed by atoms with Gasteiger partial charge in [0.05, 0.1) is 13.2 Å². The molecule has 1 atom stereocenters. The van der Waals surface area contributed by atoms with E-state index in [0.29, 0.717) is 29.2 Å². The first kappa shape index (κ1) is 12.9. The average Bonchev–Trinajstić information content (AvgIpc) is 2.29. The number of benzene rings is 1. The van der Waals surface area contributed by atoms with Crippen LogP contribution in [0.2, 0.25) is 5.02 Å². The van der Waals surface area contributed by atoms with Crippen molar-refractivity contribution in [3.63, 3.8) is 0 Å². The second-order valence-electron chi connectivity index (χ2n) is 3.50. The Balaban J connectivity index is 2.77. The molecule has 0 bridgehead atoms. The maximum Gasteiger partial charge on any atom is 0.124 e. The molecular formula is C13H15ClO2. The van der Waals surface area contributed by atoms with E-state index in [4.69, 9.17) is 22.8 Å². The quantitative estimate of drug-likeness (QED) is 0.631. The molecule has 1 aromatic carbocycles. The number of methoxy groups -OCH3 is 1. The summed E-state index contributed by atoms with van der Waals surface area (Å²) < 4.78 is 5.17. The topological polar surface area (TPSA) is 29.5 Å². The van der Waals surface area contributed by atoms with Gasteiger partial charge in [-0.25, -0.2) is 0 Å². The third kappa shape index (κ3) is 3.44. The highest BCUT2D eigenvalue weighted by Gasteiger charge is 2.13. The maximum atomic E-state index is 9.98. The molecule has 0 saturated heterocycles. The van der Waals surface area contributed by atoms with Gasteiger partial charge in [-0.05, 0) is 31.0 Å². The van der Waals surface area contributed by atoms with Gasteiger partial charge in [0.25, 0.3) is 0 Å². The predicted octanol–water partition coefficient (Wildman–Crippen LogP) is 3.19. The van der Waals surface area contributed by atoms with Gasteiger partial charge in [0, 0.05) is 17.0 Å². The molecule has 2 nitrogen and oxygen atoms in total. The molecular weight excluding hydrogens is 224 g/mol. The van der Waals surface area contributed by atoms with Crippen molar-refractivity contribution < 1.29 is 9.84 Å². The minimum atomic E-state index is -0.581. The highest BCUT2D eigenvalue weighted by molar-refractivity contribution is 6.30. The molecule has 86 valence electrons. The van der Waals surface area contributed by atoms with Crippen molar-refractivity contribution in [2.45, 2.75) is 25.4 Å². The largest absolute Gasteiger partial charge is 0.496 e. The smallest absolute Gasteiger partial charge is 0.124 e. The monoisotopic (exact) mass is 238 g/mol. The molecule has 1 aromatic rings. The lowest BCUT2D eigenvalue weighted by Crippen LogP contribution is -2.00. The van der Waals surface area contributed by atoms with Crippen LogP contribution in [0.4, 0.5) is 0 Å². The van der Waals surface area contributed by atoms with Crippen molar-refractivity contribution in [3.8, 4) is 18.1 Å². The Morgan fingerprint density at radius 2 is 2.31 bits per heavy atom. The predicted molar refractivity (Wildman–Crippen MR) is 65.6 cm³/mol. The minimum Gasteiger partial charge on any atom is -0.496 e. The summed E-state index contributed by atoms with van der Waals surface area (Å²) in [5.74, 6) is 3.20. The first-order valence-electron chi connectivity index (χ1n) is 5.14. The summed E-state index contributed by atoms with van der Waals surface area (Å²) in [6.07, 6.45) is 6.64. The fourth-order valence-electron chi connectivity index (χ4n) is 1.52. The molecule has 1 unspecified atom stereocenters. The van der Waals surface area contributed by atoms with E-state index in [0.717, 1.165) is 6.42 Å². The minimum absolute atomic E-state index is 0.581. The SMILES string of the molecule is C#CCCCC(O)c1cc(Cl)ccc1OC. The molecule has 1 rings (SSSR count). The fraction of sp³-hybridized carbons (Fsp3) is 0.385. The fourth-order valence-corrected chi connectivity index (χ4v) is 1.70. The summed E-state index contributed by atoms with van der Waals surface area (Å²) in [7, 11) is 1.57. The van der Waals surface area contributed by atoms with E-state index in [-0.39, 0.29) is 0 Å². The van der Waals surface area contributed by atoms with Crippen molar-refractivity contribution in [2.24, 2.45) is 0 Å². The molecule has 0 aliphatic rings. The van der Waals surface area contributed by atoms with Crippen LogP contribution >= 0.6 is 11.6 Å². The Bertz CT molecular complexity index is 382. The van der Waals surface area contributed by atoms with Crippen molar-refractivity contribution in [1.29, 1.82) is 0 Å². The van der Waals surface area contributed by atoms with E-state index < -0.39 is 6.10 Å². The molecule has 0 spiro atoms. The van der Waals surface area contributed by atoms with Crippen molar-refractivity contribution in [3.05, 3.63) is 28.8 Å². The zero-order valence-corrected chi connectivity index (χ0v) is 10.00. The molecule has 0 radical (unpaired) electrons. The number of rotatable bonds is 5.